The Morgan fingerprint density at radius 3 is 2.76 bits per heavy atom. The van der Waals surface area contributed by atoms with Crippen molar-refractivity contribution >= 4 is 17.0 Å². The summed E-state index contributed by atoms with van der Waals surface area (Å²) in [6.45, 7) is 1.94. The number of rotatable bonds is 9. The summed E-state index contributed by atoms with van der Waals surface area (Å²) in [4.78, 5) is 24.7. The third-order valence-corrected chi connectivity index (χ3v) is 6.22. The van der Waals surface area contributed by atoms with Gasteiger partial charge >= 0.3 is 5.76 Å². The number of benzene rings is 2. The quantitative estimate of drug-likeness (QED) is 0.473. The number of ether oxygens (including phenoxy) is 1. The number of piperidine rings is 1. The molecule has 178 valence electrons. The first-order valence-corrected chi connectivity index (χ1v) is 11.7. The maximum absolute atomic E-state index is 12.5. The van der Waals surface area contributed by atoms with E-state index in [4.69, 9.17) is 9.15 Å². The Labute approximate surface area is 198 Å². The second-order valence-corrected chi connectivity index (χ2v) is 8.64. The number of aromatic nitrogens is 1. The number of amides is 1. The molecule has 2 aromatic carbocycles. The number of fused-ring (bicyclic) bond motifs is 1. The van der Waals surface area contributed by atoms with Crippen LogP contribution in [0.2, 0.25) is 0 Å². The van der Waals surface area contributed by atoms with Gasteiger partial charge in [0.1, 0.15) is 6.04 Å². The third-order valence-electron chi connectivity index (χ3n) is 6.22. The van der Waals surface area contributed by atoms with Gasteiger partial charge in [0.15, 0.2) is 5.58 Å². The minimum atomic E-state index is -0.578. The molecule has 1 unspecified atom stereocenters. The first-order chi connectivity index (χ1) is 16.6. The van der Waals surface area contributed by atoms with E-state index in [1.807, 2.05) is 42.5 Å². The highest BCUT2D eigenvalue weighted by atomic mass is 16.5. The molecule has 0 bridgehead atoms. The second kappa shape index (κ2) is 11.1. The van der Waals surface area contributed by atoms with Crippen molar-refractivity contribution in [1.29, 1.82) is 5.26 Å². The number of nitrogens with one attached hydrogen (secondary N) is 2. The Hall–Kier alpha value is -3.41. The molecule has 2 atom stereocenters. The van der Waals surface area contributed by atoms with Gasteiger partial charge in [0.2, 0.25) is 5.91 Å². The van der Waals surface area contributed by atoms with Gasteiger partial charge in [0, 0.05) is 26.7 Å². The van der Waals surface area contributed by atoms with E-state index >= 15 is 0 Å². The number of aryl methyl sites for hydroxylation is 1. The van der Waals surface area contributed by atoms with Gasteiger partial charge in [-0.25, -0.2) is 4.79 Å². The standard InChI is InChI=1S/C26H30N4O4/c1-33-14-4-13-30-23-16-20(10-11-24(23)34-26(30)32)19-8-6-18(7-9-19)15-21(17-27)29-25(31)22-5-2-3-12-28-22/h6-11,16,21-22,28H,2-5,12-15H2,1H3,(H,29,31)/t21-,22?/m0/s1. The molecule has 1 aromatic heterocycles. The Bertz CT molecular complexity index is 1220. The highest BCUT2D eigenvalue weighted by Gasteiger charge is 2.23. The van der Waals surface area contributed by atoms with E-state index in [0.29, 0.717) is 25.2 Å². The van der Waals surface area contributed by atoms with Crippen LogP contribution in [-0.4, -0.2) is 42.8 Å². The molecule has 1 amide bonds. The Morgan fingerprint density at radius 1 is 1.26 bits per heavy atom. The SMILES string of the molecule is COCCCn1c(=O)oc2ccc(-c3ccc(C[C@@H](C#N)NC(=O)C4CCCCN4)cc3)cc21. The lowest BCUT2D eigenvalue weighted by atomic mass is 10.00. The number of carbonyl (C=O) groups excluding carboxylic acids is 1. The van der Waals surface area contributed by atoms with Crippen molar-refractivity contribution in [3.63, 3.8) is 0 Å². The van der Waals surface area contributed by atoms with Gasteiger partial charge in [0.05, 0.1) is 17.6 Å². The van der Waals surface area contributed by atoms with Gasteiger partial charge in [-0.1, -0.05) is 36.8 Å². The molecular weight excluding hydrogens is 432 g/mol. The number of carbonyl (C=O) groups is 1. The van der Waals surface area contributed by atoms with Crippen LogP contribution in [0.5, 0.6) is 0 Å². The van der Waals surface area contributed by atoms with Crippen LogP contribution in [0.1, 0.15) is 31.2 Å². The van der Waals surface area contributed by atoms with E-state index in [-0.39, 0.29) is 17.7 Å². The smallest absolute Gasteiger partial charge is 0.408 e. The Morgan fingerprint density at radius 2 is 2.06 bits per heavy atom. The summed E-state index contributed by atoms with van der Waals surface area (Å²) in [7, 11) is 1.64. The van der Waals surface area contributed by atoms with Crippen molar-refractivity contribution in [2.45, 2.75) is 50.7 Å². The Balaban J connectivity index is 1.45. The van der Waals surface area contributed by atoms with Gasteiger partial charge < -0.3 is 19.8 Å². The topological polar surface area (TPSA) is 109 Å². The Kier molecular flexibility index (Phi) is 7.78. The molecule has 0 spiro atoms. The number of oxazole rings is 1. The van der Waals surface area contributed by atoms with Gasteiger partial charge in [-0.3, -0.25) is 9.36 Å². The number of hydrogen-bond donors (Lipinski definition) is 2. The molecule has 34 heavy (non-hydrogen) atoms. The molecule has 1 aliphatic heterocycles. The fourth-order valence-electron chi connectivity index (χ4n) is 4.37. The molecule has 0 saturated carbocycles. The average Bonchev–Trinajstić information content (AvgIpc) is 3.19. The summed E-state index contributed by atoms with van der Waals surface area (Å²) in [6.07, 6.45) is 4.07. The monoisotopic (exact) mass is 462 g/mol. The van der Waals surface area contributed by atoms with E-state index < -0.39 is 6.04 Å². The normalized spacial score (nSPS) is 16.8. The van der Waals surface area contributed by atoms with Crippen LogP contribution in [-0.2, 0) is 22.5 Å². The van der Waals surface area contributed by atoms with Crippen LogP contribution in [0, 0.1) is 11.3 Å². The minimum absolute atomic E-state index is 0.104. The summed E-state index contributed by atoms with van der Waals surface area (Å²) in [5.41, 5.74) is 4.24. The lowest BCUT2D eigenvalue weighted by Gasteiger charge is -2.23. The number of hydrogen-bond acceptors (Lipinski definition) is 6. The zero-order chi connectivity index (χ0) is 23.9. The predicted octanol–water partition coefficient (Wildman–Crippen LogP) is 2.99. The highest BCUT2D eigenvalue weighted by Crippen LogP contribution is 2.25. The molecule has 1 saturated heterocycles. The third kappa shape index (κ3) is 5.56. The zero-order valence-corrected chi connectivity index (χ0v) is 19.4. The summed E-state index contributed by atoms with van der Waals surface area (Å²) < 4.78 is 12.1. The molecule has 0 aliphatic carbocycles. The molecule has 2 N–H and O–H groups in total. The van der Waals surface area contributed by atoms with Gasteiger partial charge in [-0.15, -0.1) is 0 Å². The zero-order valence-electron chi connectivity index (χ0n) is 19.4. The lowest BCUT2D eigenvalue weighted by molar-refractivity contribution is -0.124. The average molecular weight is 463 g/mol. The summed E-state index contributed by atoms with van der Waals surface area (Å²) in [5, 5.41) is 15.6. The van der Waals surface area contributed by atoms with Crippen LogP contribution < -0.4 is 16.4 Å². The maximum Gasteiger partial charge on any atom is 0.419 e. The fraction of sp³-hybridized carbons (Fsp3) is 0.423. The van der Waals surface area contributed by atoms with Crippen molar-refractivity contribution in [1.82, 2.24) is 15.2 Å². The summed E-state index contributed by atoms with van der Waals surface area (Å²) >= 11 is 0. The molecule has 4 rings (SSSR count). The summed E-state index contributed by atoms with van der Waals surface area (Å²) in [6, 6.07) is 15.0. The molecule has 1 fully saturated rings. The minimum Gasteiger partial charge on any atom is -0.408 e. The second-order valence-electron chi connectivity index (χ2n) is 8.64. The van der Waals surface area contributed by atoms with Crippen LogP contribution in [0.15, 0.2) is 51.7 Å². The van der Waals surface area contributed by atoms with Crippen molar-refractivity contribution in [3.8, 4) is 17.2 Å². The van der Waals surface area contributed by atoms with Crippen LogP contribution >= 0.6 is 0 Å². The van der Waals surface area contributed by atoms with Crippen molar-refractivity contribution in [3.05, 3.63) is 58.6 Å². The van der Waals surface area contributed by atoms with Crippen molar-refractivity contribution < 1.29 is 13.9 Å². The van der Waals surface area contributed by atoms with Crippen LogP contribution in [0.25, 0.3) is 22.2 Å². The van der Waals surface area contributed by atoms with Crippen LogP contribution in [0.4, 0.5) is 0 Å². The molecule has 3 aromatic rings. The molecule has 8 nitrogen and oxygen atoms in total. The van der Waals surface area contributed by atoms with E-state index in [1.54, 1.807) is 11.7 Å². The fourth-order valence-corrected chi connectivity index (χ4v) is 4.37. The molecule has 1 aliphatic rings. The summed E-state index contributed by atoms with van der Waals surface area (Å²) in [5.74, 6) is -0.473. The van der Waals surface area contributed by atoms with Gasteiger partial charge in [0.25, 0.3) is 0 Å². The maximum atomic E-state index is 12.5. The lowest BCUT2D eigenvalue weighted by Crippen LogP contribution is -2.49. The van der Waals surface area contributed by atoms with Crippen LogP contribution in [0.3, 0.4) is 0 Å². The predicted molar refractivity (Wildman–Crippen MR) is 129 cm³/mol. The van der Waals surface area contributed by atoms with E-state index in [9.17, 15) is 14.9 Å². The first kappa shape index (κ1) is 23.7. The number of methoxy groups -OCH3 is 1. The molecule has 8 heteroatoms. The first-order valence-electron chi connectivity index (χ1n) is 11.7. The number of nitriles is 1. The highest BCUT2D eigenvalue weighted by molar-refractivity contribution is 5.82. The van der Waals surface area contributed by atoms with Crippen molar-refractivity contribution in [2.75, 3.05) is 20.3 Å². The number of nitrogens with zero attached hydrogens (tertiary/aromatic N) is 2. The van der Waals surface area contributed by atoms with E-state index in [2.05, 4.69) is 16.7 Å². The van der Waals surface area contributed by atoms with Crippen molar-refractivity contribution in [2.24, 2.45) is 0 Å². The largest absolute Gasteiger partial charge is 0.419 e. The van der Waals surface area contributed by atoms with Gasteiger partial charge in [-0.2, -0.15) is 5.26 Å². The molecular formula is C26H30N4O4. The van der Waals surface area contributed by atoms with E-state index in [0.717, 1.165) is 54.4 Å². The van der Waals surface area contributed by atoms with E-state index in [1.165, 1.54) is 0 Å². The molecule has 2 heterocycles. The van der Waals surface area contributed by atoms with Gasteiger partial charge in [-0.05, 0) is 54.6 Å². The molecule has 0 radical (unpaired) electrons.